The maximum atomic E-state index is 11.5. The van der Waals surface area contributed by atoms with Gasteiger partial charge in [0.2, 0.25) is 17.6 Å². The first kappa shape index (κ1) is 16.1. The average Bonchev–Trinajstić information content (AvgIpc) is 3.02. The van der Waals surface area contributed by atoms with E-state index < -0.39 is 17.8 Å². The summed E-state index contributed by atoms with van der Waals surface area (Å²) in [7, 11) is 1.41. The number of tetrazole rings is 1. The van der Waals surface area contributed by atoms with Crippen molar-refractivity contribution in [2.45, 2.75) is 13.0 Å². The number of nitrogens with one attached hydrogen (secondary N) is 2. The van der Waals surface area contributed by atoms with E-state index in [0.29, 0.717) is 17.0 Å². The van der Waals surface area contributed by atoms with Crippen molar-refractivity contribution in [3.8, 4) is 11.4 Å². The third-order valence-electron chi connectivity index (χ3n) is 2.90. The Bertz CT molecular complexity index is 723. The highest BCUT2D eigenvalue weighted by Crippen LogP contribution is 2.14. The molecule has 0 aliphatic rings. The van der Waals surface area contributed by atoms with Gasteiger partial charge in [-0.15, -0.1) is 10.2 Å². The molecule has 0 saturated carbocycles. The van der Waals surface area contributed by atoms with E-state index in [1.165, 1.54) is 11.8 Å². The highest BCUT2D eigenvalue weighted by Gasteiger charge is 2.10. The summed E-state index contributed by atoms with van der Waals surface area (Å²) in [6, 6.07) is 5.86. The molecule has 0 fully saturated rings. The molecule has 4 amide bonds. The Labute approximate surface area is 131 Å². The average molecular weight is 317 g/mol. The number of hydrogen-bond donors (Lipinski definition) is 3. The van der Waals surface area contributed by atoms with Crippen LogP contribution < -0.4 is 16.4 Å². The summed E-state index contributed by atoms with van der Waals surface area (Å²) < 4.78 is 0. The molecule has 2 rings (SSSR count). The quantitative estimate of drug-likeness (QED) is 0.664. The molecule has 1 aromatic carbocycles. The molecule has 0 aliphatic heterocycles. The van der Waals surface area contributed by atoms with Gasteiger partial charge >= 0.3 is 6.03 Å². The zero-order valence-electron chi connectivity index (χ0n) is 12.3. The van der Waals surface area contributed by atoms with E-state index in [1.807, 2.05) is 0 Å². The van der Waals surface area contributed by atoms with Crippen LogP contribution in [-0.4, -0.2) is 45.1 Å². The molecular formula is C13H15N7O3. The first-order valence-electron chi connectivity index (χ1n) is 6.69. The number of carbonyl (C=O) groups excluding carboxylic acids is 3. The van der Waals surface area contributed by atoms with Crippen molar-refractivity contribution in [3.63, 3.8) is 0 Å². The van der Waals surface area contributed by atoms with E-state index in [1.54, 1.807) is 24.3 Å². The summed E-state index contributed by atoms with van der Waals surface area (Å²) in [4.78, 5) is 34.7. The van der Waals surface area contributed by atoms with Crippen LogP contribution in [0, 0.1) is 0 Å². The van der Waals surface area contributed by atoms with E-state index in [4.69, 9.17) is 5.73 Å². The number of aryl methyl sites for hydroxylation is 1. The van der Waals surface area contributed by atoms with Crippen molar-refractivity contribution in [3.05, 3.63) is 29.8 Å². The third-order valence-corrected chi connectivity index (χ3v) is 2.90. The van der Waals surface area contributed by atoms with E-state index in [2.05, 4.69) is 26.0 Å². The maximum Gasteiger partial charge on any atom is 0.321 e. The fraction of sp³-hybridized carbons (Fsp3) is 0.231. The smallest absolute Gasteiger partial charge is 0.321 e. The molecule has 4 N–H and O–H groups in total. The molecule has 0 saturated heterocycles. The molecule has 0 aliphatic carbocycles. The minimum atomic E-state index is -0.572. The zero-order valence-corrected chi connectivity index (χ0v) is 12.3. The van der Waals surface area contributed by atoms with Crippen LogP contribution in [0.2, 0.25) is 0 Å². The van der Waals surface area contributed by atoms with Gasteiger partial charge in [-0.3, -0.25) is 14.9 Å². The minimum absolute atomic E-state index is 0.0316. The number of aromatic nitrogens is 4. The summed E-state index contributed by atoms with van der Waals surface area (Å²) in [5.74, 6) is -0.614. The van der Waals surface area contributed by atoms with Crippen LogP contribution in [0.3, 0.4) is 0 Å². The number of imide groups is 1. The second-order valence-electron chi connectivity index (χ2n) is 4.53. The van der Waals surface area contributed by atoms with E-state index in [0.717, 1.165) is 0 Å². The Hall–Kier alpha value is -3.30. The number of primary amides is 1. The number of nitrogens with zero attached hydrogens (tertiary/aromatic N) is 4. The molecule has 0 radical (unpaired) electrons. The first-order valence-corrected chi connectivity index (χ1v) is 6.69. The molecule has 1 aromatic heterocycles. The lowest BCUT2D eigenvalue weighted by Crippen LogP contribution is -2.37. The van der Waals surface area contributed by atoms with Gasteiger partial charge in [-0.1, -0.05) is 12.1 Å². The molecule has 120 valence electrons. The minimum Gasteiger partial charge on any atom is -0.366 e. The number of urea groups is 1. The number of carbonyl (C=O) groups is 3. The van der Waals surface area contributed by atoms with Crippen LogP contribution in [0.5, 0.6) is 0 Å². The zero-order chi connectivity index (χ0) is 16.8. The third kappa shape index (κ3) is 4.33. The monoisotopic (exact) mass is 317 g/mol. The fourth-order valence-electron chi connectivity index (χ4n) is 1.69. The lowest BCUT2D eigenvalue weighted by atomic mass is 10.1. The summed E-state index contributed by atoms with van der Waals surface area (Å²) in [6.07, 6.45) is 0.0316. The van der Waals surface area contributed by atoms with Gasteiger partial charge in [0, 0.05) is 24.6 Å². The van der Waals surface area contributed by atoms with Crippen molar-refractivity contribution >= 4 is 17.8 Å². The highest BCUT2D eigenvalue weighted by atomic mass is 16.2. The Balaban J connectivity index is 1.96. The van der Waals surface area contributed by atoms with Crippen molar-refractivity contribution in [1.82, 2.24) is 30.8 Å². The van der Waals surface area contributed by atoms with E-state index in [9.17, 15) is 14.4 Å². The standard InChI is InChI=1S/C13H15N7O3/c1-15-13(23)16-10(21)6-7-20-18-12(17-19-20)9-4-2-8(3-5-9)11(14)22/h2-5H,6-7H2,1H3,(H2,14,22)(H2,15,16,21,23). The Morgan fingerprint density at radius 1 is 1.22 bits per heavy atom. The second kappa shape index (κ2) is 7.11. The molecular weight excluding hydrogens is 302 g/mol. The van der Waals surface area contributed by atoms with Gasteiger partial charge in [0.15, 0.2) is 0 Å². The first-order chi connectivity index (χ1) is 11.0. The molecule has 0 bridgehead atoms. The number of nitrogens with two attached hydrogens (primary N) is 1. The largest absolute Gasteiger partial charge is 0.366 e. The van der Waals surface area contributed by atoms with E-state index >= 15 is 0 Å². The highest BCUT2D eigenvalue weighted by molar-refractivity contribution is 5.94. The van der Waals surface area contributed by atoms with Gasteiger partial charge in [0.1, 0.15) is 0 Å². The van der Waals surface area contributed by atoms with Gasteiger partial charge in [0.05, 0.1) is 6.54 Å². The topological polar surface area (TPSA) is 145 Å². The van der Waals surface area contributed by atoms with Crippen molar-refractivity contribution in [2.24, 2.45) is 5.73 Å². The van der Waals surface area contributed by atoms with Crippen LogP contribution in [0.4, 0.5) is 4.79 Å². The van der Waals surface area contributed by atoms with Crippen LogP contribution in [-0.2, 0) is 11.3 Å². The predicted octanol–water partition coefficient (Wildman–Crippen LogP) is -0.715. The van der Waals surface area contributed by atoms with Gasteiger partial charge in [-0.05, 0) is 17.3 Å². The molecule has 10 nitrogen and oxygen atoms in total. The summed E-state index contributed by atoms with van der Waals surface area (Å²) in [5, 5.41) is 16.2. The summed E-state index contributed by atoms with van der Waals surface area (Å²) >= 11 is 0. The van der Waals surface area contributed by atoms with Crippen molar-refractivity contribution < 1.29 is 14.4 Å². The summed E-state index contributed by atoms with van der Waals surface area (Å²) in [6.45, 7) is 0.176. The number of benzene rings is 1. The molecule has 0 spiro atoms. The van der Waals surface area contributed by atoms with Crippen molar-refractivity contribution in [2.75, 3.05) is 7.05 Å². The normalized spacial score (nSPS) is 10.1. The van der Waals surface area contributed by atoms with Gasteiger partial charge in [0.25, 0.3) is 0 Å². The van der Waals surface area contributed by atoms with Crippen LogP contribution in [0.15, 0.2) is 24.3 Å². The Kier molecular flexibility index (Phi) is 4.97. The van der Waals surface area contributed by atoms with E-state index in [-0.39, 0.29) is 13.0 Å². The van der Waals surface area contributed by atoms with Crippen molar-refractivity contribution in [1.29, 1.82) is 0 Å². The number of amides is 4. The maximum absolute atomic E-state index is 11.5. The second-order valence-corrected chi connectivity index (χ2v) is 4.53. The number of rotatable bonds is 5. The molecule has 0 unspecified atom stereocenters. The molecule has 2 aromatic rings. The molecule has 23 heavy (non-hydrogen) atoms. The number of hydrogen-bond acceptors (Lipinski definition) is 6. The van der Waals surface area contributed by atoms with Gasteiger partial charge in [-0.2, -0.15) is 4.80 Å². The van der Waals surface area contributed by atoms with Gasteiger partial charge in [-0.25, -0.2) is 4.79 Å². The molecule has 10 heteroatoms. The van der Waals surface area contributed by atoms with Gasteiger partial charge < -0.3 is 11.1 Å². The lowest BCUT2D eigenvalue weighted by molar-refractivity contribution is -0.120. The van der Waals surface area contributed by atoms with Crippen LogP contribution >= 0.6 is 0 Å². The SMILES string of the molecule is CNC(=O)NC(=O)CCn1nnc(-c2ccc(C(N)=O)cc2)n1. The predicted molar refractivity (Wildman–Crippen MR) is 79.0 cm³/mol. The fourth-order valence-corrected chi connectivity index (χ4v) is 1.69. The Morgan fingerprint density at radius 2 is 1.91 bits per heavy atom. The summed E-state index contributed by atoms with van der Waals surface area (Å²) in [5.41, 5.74) is 6.21. The van der Waals surface area contributed by atoms with Crippen LogP contribution in [0.25, 0.3) is 11.4 Å². The molecule has 1 heterocycles. The van der Waals surface area contributed by atoms with Crippen LogP contribution in [0.1, 0.15) is 16.8 Å². The molecule has 0 atom stereocenters. The lowest BCUT2D eigenvalue weighted by Gasteiger charge is -2.02. The Morgan fingerprint density at radius 3 is 2.52 bits per heavy atom.